The van der Waals surface area contributed by atoms with E-state index in [0.717, 1.165) is 37.9 Å². The molecule has 0 saturated carbocycles. The van der Waals surface area contributed by atoms with Crippen LogP contribution in [0.4, 0.5) is 11.8 Å². The molecule has 0 atom stereocenters. The molecule has 0 unspecified atom stereocenters. The summed E-state index contributed by atoms with van der Waals surface area (Å²) in [6, 6.07) is 1.83. The van der Waals surface area contributed by atoms with Gasteiger partial charge in [-0.3, -0.25) is 0 Å². The zero-order valence-corrected chi connectivity index (χ0v) is 10.0. The van der Waals surface area contributed by atoms with Gasteiger partial charge in [0.25, 0.3) is 0 Å². The number of nitrogens with zero attached hydrogens (tertiary/aromatic N) is 6. The minimum absolute atomic E-state index is 0.809. The maximum absolute atomic E-state index is 4.26. The Kier molecular flexibility index (Phi) is 2.83. The van der Waals surface area contributed by atoms with Gasteiger partial charge in [-0.2, -0.15) is 8.75 Å². The second-order valence-electron chi connectivity index (χ2n) is 3.79. The van der Waals surface area contributed by atoms with E-state index in [-0.39, 0.29) is 0 Å². The molecule has 3 heterocycles. The Bertz CT molecular complexity index is 451. The summed E-state index contributed by atoms with van der Waals surface area (Å²) in [5.74, 6) is 1.78. The van der Waals surface area contributed by atoms with Crippen LogP contribution in [0.25, 0.3) is 0 Å². The maximum atomic E-state index is 4.26. The van der Waals surface area contributed by atoms with E-state index < -0.39 is 0 Å². The molecule has 2 aromatic rings. The van der Waals surface area contributed by atoms with Crippen molar-refractivity contribution in [2.75, 3.05) is 36.0 Å². The molecule has 88 valence electrons. The van der Waals surface area contributed by atoms with Crippen molar-refractivity contribution in [2.24, 2.45) is 0 Å². The van der Waals surface area contributed by atoms with Gasteiger partial charge >= 0.3 is 0 Å². The van der Waals surface area contributed by atoms with Crippen LogP contribution in [0.15, 0.2) is 24.7 Å². The zero-order valence-electron chi connectivity index (χ0n) is 9.23. The molecule has 0 aliphatic carbocycles. The van der Waals surface area contributed by atoms with Crippen molar-refractivity contribution >= 4 is 23.5 Å². The molecular weight excluding hydrogens is 236 g/mol. The van der Waals surface area contributed by atoms with Gasteiger partial charge < -0.3 is 9.80 Å². The van der Waals surface area contributed by atoms with Crippen molar-refractivity contribution in [3.8, 4) is 0 Å². The van der Waals surface area contributed by atoms with Crippen molar-refractivity contribution in [2.45, 2.75) is 0 Å². The van der Waals surface area contributed by atoms with Crippen molar-refractivity contribution < 1.29 is 0 Å². The molecule has 3 rings (SSSR count). The van der Waals surface area contributed by atoms with Crippen molar-refractivity contribution in [1.29, 1.82) is 0 Å². The van der Waals surface area contributed by atoms with Gasteiger partial charge in [-0.25, -0.2) is 9.97 Å². The fourth-order valence-corrected chi connectivity index (χ4v) is 2.32. The molecule has 0 amide bonds. The first kappa shape index (κ1) is 10.4. The molecule has 0 N–H and O–H groups in total. The van der Waals surface area contributed by atoms with Crippen molar-refractivity contribution in [3.63, 3.8) is 0 Å². The molecule has 0 spiro atoms. The molecule has 6 nitrogen and oxygen atoms in total. The summed E-state index contributed by atoms with van der Waals surface area (Å²) in [6.07, 6.45) is 5.37. The van der Waals surface area contributed by atoms with Gasteiger partial charge in [0.15, 0.2) is 5.82 Å². The SMILES string of the molecule is c1cnc(N2CCN(c3cnsn3)CC2)nc1. The summed E-state index contributed by atoms with van der Waals surface area (Å²) in [5.41, 5.74) is 0. The van der Waals surface area contributed by atoms with E-state index >= 15 is 0 Å². The third-order valence-electron chi connectivity index (χ3n) is 2.79. The van der Waals surface area contributed by atoms with Gasteiger partial charge in [0, 0.05) is 38.6 Å². The van der Waals surface area contributed by atoms with Gasteiger partial charge in [-0.15, -0.1) is 0 Å². The molecule has 17 heavy (non-hydrogen) atoms. The van der Waals surface area contributed by atoms with E-state index in [9.17, 15) is 0 Å². The summed E-state index contributed by atoms with van der Waals surface area (Å²) in [5, 5.41) is 0. The minimum atomic E-state index is 0.809. The lowest BCUT2D eigenvalue weighted by Gasteiger charge is -2.34. The Labute approximate surface area is 103 Å². The first-order valence-electron chi connectivity index (χ1n) is 5.48. The van der Waals surface area contributed by atoms with Crippen molar-refractivity contribution in [3.05, 3.63) is 24.7 Å². The Morgan fingerprint density at radius 1 is 1.00 bits per heavy atom. The van der Waals surface area contributed by atoms with Crippen molar-refractivity contribution in [1.82, 2.24) is 18.7 Å². The average Bonchev–Trinajstić information content (AvgIpc) is 2.94. The van der Waals surface area contributed by atoms with E-state index in [0.29, 0.717) is 0 Å². The highest BCUT2D eigenvalue weighted by Gasteiger charge is 2.19. The smallest absolute Gasteiger partial charge is 0.225 e. The molecule has 1 fully saturated rings. The maximum Gasteiger partial charge on any atom is 0.225 e. The Balaban J connectivity index is 1.65. The lowest BCUT2D eigenvalue weighted by Crippen LogP contribution is -2.47. The highest BCUT2D eigenvalue weighted by molar-refractivity contribution is 6.99. The standard InChI is InChI=1S/C10H12N6S/c1-2-11-10(12-3-1)16-6-4-15(5-7-16)9-8-13-17-14-9/h1-3,8H,4-7H2. The predicted octanol–water partition coefficient (Wildman–Crippen LogP) is 0.655. The largest absolute Gasteiger partial charge is 0.351 e. The predicted molar refractivity (Wildman–Crippen MR) is 66.4 cm³/mol. The zero-order chi connectivity index (χ0) is 11.5. The number of hydrogen-bond acceptors (Lipinski definition) is 7. The first-order chi connectivity index (χ1) is 8.43. The normalized spacial score (nSPS) is 16.2. The Morgan fingerprint density at radius 2 is 1.71 bits per heavy atom. The van der Waals surface area contributed by atoms with Gasteiger partial charge in [0.1, 0.15) is 0 Å². The summed E-state index contributed by atoms with van der Waals surface area (Å²) >= 11 is 1.25. The molecule has 2 aromatic heterocycles. The van der Waals surface area contributed by atoms with Gasteiger partial charge in [-0.05, 0) is 6.07 Å². The summed E-state index contributed by atoms with van der Waals surface area (Å²) in [6.45, 7) is 3.70. The molecule has 1 saturated heterocycles. The fourth-order valence-electron chi connectivity index (χ4n) is 1.89. The topological polar surface area (TPSA) is 58.0 Å². The third kappa shape index (κ3) is 2.19. The van der Waals surface area contributed by atoms with E-state index in [1.807, 2.05) is 12.3 Å². The molecule has 1 aliphatic rings. The van der Waals surface area contributed by atoms with Gasteiger partial charge in [-0.1, -0.05) is 0 Å². The quantitative estimate of drug-likeness (QED) is 0.778. The molecule has 1 aliphatic heterocycles. The Hall–Kier alpha value is -1.76. The number of hydrogen-bond donors (Lipinski definition) is 0. The number of aromatic nitrogens is 4. The van der Waals surface area contributed by atoms with Crippen LogP contribution in [0.1, 0.15) is 0 Å². The highest BCUT2D eigenvalue weighted by atomic mass is 32.1. The number of anilines is 2. The summed E-state index contributed by atoms with van der Waals surface area (Å²) < 4.78 is 8.27. The second kappa shape index (κ2) is 4.62. The van der Waals surface area contributed by atoms with E-state index in [2.05, 4.69) is 28.5 Å². The van der Waals surface area contributed by atoms with Gasteiger partial charge in [0.05, 0.1) is 17.9 Å². The van der Waals surface area contributed by atoms with Crippen LogP contribution in [0.2, 0.25) is 0 Å². The monoisotopic (exact) mass is 248 g/mol. The lowest BCUT2D eigenvalue weighted by molar-refractivity contribution is 0.636. The molecular formula is C10H12N6S. The van der Waals surface area contributed by atoms with Crippen LogP contribution in [0.5, 0.6) is 0 Å². The Morgan fingerprint density at radius 3 is 2.35 bits per heavy atom. The van der Waals surface area contributed by atoms with Crippen LogP contribution in [0, 0.1) is 0 Å². The number of rotatable bonds is 2. The highest BCUT2D eigenvalue weighted by Crippen LogP contribution is 2.15. The van der Waals surface area contributed by atoms with Crippen LogP contribution in [-0.4, -0.2) is 44.9 Å². The van der Waals surface area contributed by atoms with E-state index in [1.54, 1.807) is 12.4 Å². The van der Waals surface area contributed by atoms with Crippen LogP contribution in [-0.2, 0) is 0 Å². The first-order valence-corrected chi connectivity index (χ1v) is 6.21. The molecule has 0 aromatic carbocycles. The van der Waals surface area contributed by atoms with Gasteiger partial charge in [0.2, 0.25) is 5.95 Å². The van der Waals surface area contributed by atoms with Crippen LogP contribution >= 0.6 is 11.7 Å². The second-order valence-corrected chi connectivity index (χ2v) is 4.35. The molecule has 0 radical (unpaired) electrons. The fraction of sp³-hybridized carbons (Fsp3) is 0.400. The number of piperazine rings is 1. The minimum Gasteiger partial charge on any atom is -0.351 e. The third-order valence-corrected chi connectivity index (χ3v) is 3.26. The summed E-state index contributed by atoms with van der Waals surface area (Å²) in [4.78, 5) is 13.0. The average molecular weight is 248 g/mol. The van der Waals surface area contributed by atoms with E-state index in [4.69, 9.17) is 0 Å². The summed E-state index contributed by atoms with van der Waals surface area (Å²) in [7, 11) is 0. The molecule has 0 bridgehead atoms. The van der Waals surface area contributed by atoms with E-state index in [1.165, 1.54) is 11.7 Å². The lowest BCUT2D eigenvalue weighted by atomic mass is 10.3. The van der Waals surface area contributed by atoms with Crippen LogP contribution < -0.4 is 9.80 Å². The molecule has 7 heteroatoms. The van der Waals surface area contributed by atoms with Crippen LogP contribution in [0.3, 0.4) is 0 Å².